The van der Waals surface area contributed by atoms with Crippen molar-refractivity contribution in [3.8, 4) is 5.75 Å². The van der Waals surface area contributed by atoms with Gasteiger partial charge in [-0.25, -0.2) is 0 Å². The van der Waals surface area contributed by atoms with Crippen molar-refractivity contribution in [3.05, 3.63) is 29.8 Å². The molecule has 0 fully saturated rings. The lowest BCUT2D eigenvalue weighted by molar-refractivity contribution is -0.141. The van der Waals surface area contributed by atoms with Gasteiger partial charge in [0.2, 0.25) is 0 Å². The lowest BCUT2D eigenvalue weighted by Gasteiger charge is -2.27. The van der Waals surface area contributed by atoms with Gasteiger partial charge in [-0.05, 0) is 24.6 Å². The summed E-state index contributed by atoms with van der Waals surface area (Å²) in [6.07, 6.45) is 0.272. The van der Waals surface area contributed by atoms with Gasteiger partial charge in [0, 0.05) is 12.0 Å². The van der Waals surface area contributed by atoms with Crippen molar-refractivity contribution >= 4 is 5.97 Å². The molecule has 0 spiro atoms. The Bertz CT molecular complexity index is 389. The molecular formula is C14H21NO3. The second kappa shape index (κ2) is 6.40. The average Bonchev–Trinajstić information content (AvgIpc) is 2.39. The van der Waals surface area contributed by atoms with E-state index >= 15 is 0 Å². The highest BCUT2D eigenvalue weighted by Crippen LogP contribution is 2.28. The van der Waals surface area contributed by atoms with Gasteiger partial charge in [-0.1, -0.05) is 19.1 Å². The summed E-state index contributed by atoms with van der Waals surface area (Å²) in [6, 6.07) is 7.68. The topological polar surface area (TPSA) is 61.5 Å². The van der Waals surface area contributed by atoms with Crippen LogP contribution in [0.5, 0.6) is 5.75 Å². The number of nitrogens with two attached hydrogens (primary N) is 1. The molecule has 4 nitrogen and oxygen atoms in total. The molecule has 4 heteroatoms. The molecule has 0 amide bonds. The normalized spacial score (nSPS) is 13.8. The van der Waals surface area contributed by atoms with Crippen molar-refractivity contribution in [3.63, 3.8) is 0 Å². The fraction of sp³-hybridized carbons (Fsp3) is 0.500. The number of rotatable bonds is 6. The summed E-state index contributed by atoms with van der Waals surface area (Å²) < 4.78 is 10.1. The van der Waals surface area contributed by atoms with Crippen LogP contribution in [0.25, 0.3) is 0 Å². The Kier molecular flexibility index (Phi) is 5.16. The number of hydrogen-bond acceptors (Lipinski definition) is 4. The van der Waals surface area contributed by atoms with Gasteiger partial charge < -0.3 is 15.2 Å². The maximum atomic E-state index is 11.4. The lowest BCUT2D eigenvalue weighted by atomic mass is 9.79. The Balaban J connectivity index is 2.90. The molecule has 0 heterocycles. The van der Waals surface area contributed by atoms with Crippen LogP contribution in [0.2, 0.25) is 0 Å². The van der Waals surface area contributed by atoms with Crippen molar-refractivity contribution in [2.24, 2.45) is 5.73 Å². The van der Waals surface area contributed by atoms with Gasteiger partial charge in [0.1, 0.15) is 5.75 Å². The number of ether oxygens (including phenoxy) is 2. The number of benzene rings is 1. The minimum atomic E-state index is -0.405. The van der Waals surface area contributed by atoms with Crippen LogP contribution < -0.4 is 10.5 Å². The van der Waals surface area contributed by atoms with Crippen LogP contribution in [0.3, 0.4) is 0 Å². The summed E-state index contributed by atoms with van der Waals surface area (Å²) in [5.74, 6) is 0.565. The van der Waals surface area contributed by atoms with Gasteiger partial charge in [-0.15, -0.1) is 0 Å². The van der Waals surface area contributed by atoms with Crippen LogP contribution in [-0.2, 0) is 14.9 Å². The van der Waals surface area contributed by atoms with E-state index in [4.69, 9.17) is 15.2 Å². The SMILES string of the molecule is CCOc1ccc(C(C)(CN)CC(=O)OC)cc1. The summed E-state index contributed by atoms with van der Waals surface area (Å²) in [5, 5.41) is 0. The van der Waals surface area contributed by atoms with Crippen LogP contribution >= 0.6 is 0 Å². The Morgan fingerprint density at radius 1 is 1.33 bits per heavy atom. The third-order valence-corrected chi connectivity index (χ3v) is 3.07. The Hall–Kier alpha value is -1.55. The summed E-state index contributed by atoms with van der Waals surface area (Å²) in [4.78, 5) is 11.4. The Morgan fingerprint density at radius 3 is 2.39 bits per heavy atom. The van der Waals surface area contributed by atoms with E-state index in [1.165, 1.54) is 7.11 Å². The van der Waals surface area contributed by atoms with Gasteiger partial charge in [-0.2, -0.15) is 0 Å². The molecule has 2 N–H and O–H groups in total. The average molecular weight is 251 g/mol. The summed E-state index contributed by atoms with van der Waals surface area (Å²) >= 11 is 0. The summed E-state index contributed by atoms with van der Waals surface area (Å²) in [6.45, 7) is 4.92. The third-order valence-electron chi connectivity index (χ3n) is 3.07. The van der Waals surface area contributed by atoms with E-state index < -0.39 is 5.41 Å². The molecule has 1 unspecified atom stereocenters. The van der Waals surface area contributed by atoms with E-state index in [0.29, 0.717) is 13.2 Å². The molecule has 0 saturated heterocycles. The standard InChI is InChI=1S/C14H21NO3/c1-4-18-12-7-5-11(6-8-12)14(2,10-15)9-13(16)17-3/h5-8H,4,9-10,15H2,1-3H3. The zero-order valence-corrected chi connectivity index (χ0v) is 11.2. The van der Waals surface area contributed by atoms with Gasteiger partial charge in [0.15, 0.2) is 0 Å². The molecule has 18 heavy (non-hydrogen) atoms. The number of carbonyl (C=O) groups excluding carboxylic acids is 1. The number of hydrogen-bond donors (Lipinski definition) is 1. The first-order valence-electron chi connectivity index (χ1n) is 6.06. The maximum absolute atomic E-state index is 11.4. The van der Waals surface area contributed by atoms with Crippen molar-refractivity contribution in [2.75, 3.05) is 20.3 Å². The third kappa shape index (κ3) is 3.47. The zero-order valence-electron chi connectivity index (χ0n) is 11.2. The zero-order chi connectivity index (χ0) is 13.6. The summed E-state index contributed by atoms with van der Waals surface area (Å²) in [7, 11) is 1.39. The molecular weight excluding hydrogens is 230 g/mol. The summed E-state index contributed by atoms with van der Waals surface area (Å²) in [5.41, 5.74) is 6.41. The monoisotopic (exact) mass is 251 g/mol. The predicted octanol–water partition coefficient (Wildman–Crippen LogP) is 1.86. The fourth-order valence-electron chi connectivity index (χ4n) is 1.80. The van der Waals surface area contributed by atoms with E-state index in [-0.39, 0.29) is 12.4 Å². The number of esters is 1. The smallest absolute Gasteiger partial charge is 0.306 e. The molecule has 0 aromatic heterocycles. The molecule has 1 aromatic rings. The second-order valence-electron chi connectivity index (χ2n) is 4.48. The molecule has 0 aliphatic rings. The van der Waals surface area contributed by atoms with E-state index in [1.54, 1.807) is 0 Å². The highest BCUT2D eigenvalue weighted by Gasteiger charge is 2.28. The van der Waals surface area contributed by atoms with E-state index in [9.17, 15) is 4.79 Å². The van der Waals surface area contributed by atoms with Gasteiger partial charge in [0.25, 0.3) is 0 Å². The van der Waals surface area contributed by atoms with Crippen molar-refractivity contribution in [2.45, 2.75) is 25.7 Å². The first-order valence-corrected chi connectivity index (χ1v) is 6.06. The minimum absolute atomic E-state index is 0.253. The molecule has 1 aromatic carbocycles. The first kappa shape index (κ1) is 14.5. The Morgan fingerprint density at radius 2 is 1.94 bits per heavy atom. The van der Waals surface area contributed by atoms with Crippen molar-refractivity contribution < 1.29 is 14.3 Å². The van der Waals surface area contributed by atoms with Crippen LogP contribution in [-0.4, -0.2) is 26.2 Å². The van der Waals surface area contributed by atoms with E-state index in [2.05, 4.69) is 0 Å². The van der Waals surface area contributed by atoms with Crippen LogP contribution in [0.1, 0.15) is 25.8 Å². The van der Waals surface area contributed by atoms with Gasteiger partial charge in [-0.3, -0.25) is 4.79 Å². The van der Waals surface area contributed by atoms with Gasteiger partial charge in [0.05, 0.1) is 20.1 Å². The minimum Gasteiger partial charge on any atom is -0.494 e. The highest BCUT2D eigenvalue weighted by molar-refractivity contribution is 5.71. The molecule has 0 aliphatic carbocycles. The van der Waals surface area contributed by atoms with Crippen LogP contribution in [0.4, 0.5) is 0 Å². The number of carbonyl (C=O) groups is 1. The largest absolute Gasteiger partial charge is 0.494 e. The quantitative estimate of drug-likeness (QED) is 0.784. The maximum Gasteiger partial charge on any atom is 0.306 e. The molecule has 100 valence electrons. The van der Waals surface area contributed by atoms with E-state index in [1.807, 2.05) is 38.1 Å². The molecule has 0 bridgehead atoms. The molecule has 1 rings (SSSR count). The fourth-order valence-corrected chi connectivity index (χ4v) is 1.80. The molecule has 0 saturated carbocycles. The molecule has 0 radical (unpaired) electrons. The number of methoxy groups -OCH3 is 1. The first-order chi connectivity index (χ1) is 8.55. The highest BCUT2D eigenvalue weighted by atomic mass is 16.5. The van der Waals surface area contributed by atoms with Crippen LogP contribution in [0, 0.1) is 0 Å². The molecule has 0 aliphatic heterocycles. The van der Waals surface area contributed by atoms with Crippen LogP contribution in [0.15, 0.2) is 24.3 Å². The Labute approximate surface area is 108 Å². The van der Waals surface area contributed by atoms with Crippen molar-refractivity contribution in [1.82, 2.24) is 0 Å². The molecule has 1 atom stereocenters. The van der Waals surface area contributed by atoms with Gasteiger partial charge >= 0.3 is 5.97 Å². The van der Waals surface area contributed by atoms with E-state index in [0.717, 1.165) is 11.3 Å². The van der Waals surface area contributed by atoms with Crippen molar-refractivity contribution in [1.29, 1.82) is 0 Å². The predicted molar refractivity (Wildman–Crippen MR) is 70.7 cm³/mol. The lowest BCUT2D eigenvalue weighted by Crippen LogP contribution is -2.34. The second-order valence-corrected chi connectivity index (χ2v) is 4.48.